The Morgan fingerprint density at radius 3 is 1.87 bits per heavy atom. The molecule has 0 amide bonds. The largest absolute Gasteiger partial charge is 0.302 e. The topological polar surface area (TPSA) is 29.1 Å². The highest BCUT2D eigenvalue weighted by Gasteiger charge is 2.43. The molecule has 2 aromatic carbocycles. The first-order valence-electron chi connectivity index (χ1n) is 8.30. The van der Waals surface area contributed by atoms with Gasteiger partial charge in [-0.2, -0.15) is 0 Å². The van der Waals surface area contributed by atoms with Gasteiger partial charge in [0.25, 0.3) is 0 Å². The van der Waals surface area contributed by atoms with Crippen LogP contribution in [-0.4, -0.2) is 5.78 Å². The van der Waals surface area contributed by atoms with Crippen molar-refractivity contribution < 1.29 is 4.79 Å². The van der Waals surface area contributed by atoms with Crippen LogP contribution in [0.25, 0.3) is 0 Å². The van der Waals surface area contributed by atoms with Crippen LogP contribution in [0.2, 0.25) is 0 Å². The molecule has 1 heterocycles. The van der Waals surface area contributed by atoms with Crippen LogP contribution in [0.5, 0.6) is 0 Å². The van der Waals surface area contributed by atoms with Crippen LogP contribution >= 0.6 is 0 Å². The van der Waals surface area contributed by atoms with Crippen molar-refractivity contribution in [2.75, 3.05) is 0 Å². The van der Waals surface area contributed by atoms with Gasteiger partial charge in [0.15, 0.2) is 0 Å². The monoisotopic (exact) mass is 307 g/mol. The number of ketones is 1. The van der Waals surface area contributed by atoms with E-state index in [4.69, 9.17) is 0 Å². The van der Waals surface area contributed by atoms with Crippen LogP contribution in [0.3, 0.4) is 0 Å². The van der Waals surface area contributed by atoms with Gasteiger partial charge in [0.05, 0.1) is 0 Å². The van der Waals surface area contributed by atoms with Crippen molar-refractivity contribution in [2.24, 2.45) is 5.41 Å². The highest BCUT2D eigenvalue weighted by molar-refractivity contribution is 5.86. The lowest BCUT2D eigenvalue weighted by atomic mass is 9.71. The highest BCUT2D eigenvalue weighted by Crippen LogP contribution is 2.42. The Bertz CT molecular complexity index is 698. The van der Waals surface area contributed by atoms with E-state index in [2.05, 4.69) is 81.5 Å². The quantitative estimate of drug-likeness (QED) is 0.873. The number of carbonyl (C=O) groups excluding carboxylic acids is 1. The standard InChI is InChI=1S/C21H25NO/c1-14-5-9-16(10-6-14)18-13-19(23)21(3,4)20(22-18)17-11-7-15(2)8-12-17/h5-12,18,20,22H,13H2,1-4H3. The van der Waals surface area contributed by atoms with Gasteiger partial charge in [-0.05, 0) is 25.0 Å². The molecule has 1 aliphatic rings. The van der Waals surface area contributed by atoms with Gasteiger partial charge < -0.3 is 5.32 Å². The number of hydrogen-bond acceptors (Lipinski definition) is 2. The molecule has 23 heavy (non-hydrogen) atoms. The molecular weight excluding hydrogens is 282 g/mol. The molecule has 0 aliphatic carbocycles. The Hall–Kier alpha value is -1.93. The van der Waals surface area contributed by atoms with Crippen molar-refractivity contribution in [3.05, 3.63) is 70.8 Å². The van der Waals surface area contributed by atoms with E-state index in [9.17, 15) is 4.79 Å². The molecule has 3 rings (SSSR count). The molecule has 2 heteroatoms. The molecule has 0 aromatic heterocycles. The smallest absolute Gasteiger partial charge is 0.142 e. The number of carbonyl (C=O) groups is 1. The van der Waals surface area contributed by atoms with E-state index in [0.29, 0.717) is 12.2 Å². The maximum atomic E-state index is 12.8. The summed E-state index contributed by atoms with van der Waals surface area (Å²) in [5.74, 6) is 0.326. The summed E-state index contributed by atoms with van der Waals surface area (Å²) in [4.78, 5) is 12.8. The zero-order valence-corrected chi connectivity index (χ0v) is 14.4. The molecule has 120 valence electrons. The van der Waals surface area contributed by atoms with E-state index in [1.54, 1.807) is 0 Å². The average molecular weight is 307 g/mol. The first kappa shape index (κ1) is 15.9. The molecule has 1 saturated heterocycles. The first-order chi connectivity index (χ1) is 10.9. The second kappa shape index (κ2) is 5.93. The molecule has 1 fully saturated rings. The lowest BCUT2D eigenvalue weighted by molar-refractivity contribution is -0.132. The Labute approximate surface area is 138 Å². The minimum atomic E-state index is -0.392. The van der Waals surface area contributed by atoms with Gasteiger partial charge in [-0.15, -0.1) is 0 Å². The van der Waals surface area contributed by atoms with Gasteiger partial charge in [0.1, 0.15) is 5.78 Å². The van der Waals surface area contributed by atoms with Crippen LogP contribution in [0.4, 0.5) is 0 Å². The van der Waals surface area contributed by atoms with Gasteiger partial charge in [-0.1, -0.05) is 73.5 Å². The molecule has 0 bridgehead atoms. The predicted octanol–water partition coefficient (Wildman–Crippen LogP) is 4.67. The molecule has 2 atom stereocenters. The Kier molecular flexibility index (Phi) is 4.11. The summed E-state index contributed by atoms with van der Waals surface area (Å²) in [5, 5.41) is 3.72. The second-order valence-electron chi connectivity index (χ2n) is 7.32. The molecule has 0 radical (unpaired) electrons. The van der Waals surface area contributed by atoms with Gasteiger partial charge >= 0.3 is 0 Å². The maximum Gasteiger partial charge on any atom is 0.142 e. The molecule has 1 aliphatic heterocycles. The summed E-state index contributed by atoms with van der Waals surface area (Å²) in [6.07, 6.45) is 0.554. The van der Waals surface area contributed by atoms with Gasteiger partial charge in [-0.25, -0.2) is 0 Å². The van der Waals surface area contributed by atoms with Crippen molar-refractivity contribution >= 4 is 5.78 Å². The fraction of sp³-hybridized carbons (Fsp3) is 0.381. The minimum absolute atomic E-state index is 0.0376. The summed E-state index contributed by atoms with van der Waals surface area (Å²) >= 11 is 0. The molecule has 0 spiro atoms. The van der Waals surface area contributed by atoms with E-state index in [0.717, 1.165) is 0 Å². The third kappa shape index (κ3) is 3.09. The number of benzene rings is 2. The third-order valence-corrected chi connectivity index (χ3v) is 5.09. The van der Waals surface area contributed by atoms with Crippen molar-refractivity contribution in [3.8, 4) is 0 Å². The average Bonchev–Trinajstić information content (AvgIpc) is 2.52. The fourth-order valence-electron chi connectivity index (χ4n) is 3.36. The van der Waals surface area contributed by atoms with E-state index < -0.39 is 5.41 Å². The summed E-state index contributed by atoms with van der Waals surface area (Å²) in [5.41, 5.74) is 4.47. The van der Waals surface area contributed by atoms with Crippen LogP contribution in [0, 0.1) is 19.3 Å². The van der Waals surface area contributed by atoms with E-state index in [1.165, 1.54) is 22.3 Å². The van der Waals surface area contributed by atoms with Crippen molar-refractivity contribution in [1.29, 1.82) is 0 Å². The summed E-state index contributed by atoms with van der Waals surface area (Å²) in [6, 6.07) is 17.1. The molecule has 2 aromatic rings. The number of aryl methyl sites for hydroxylation is 2. The predicted molar refractivity (Wildman–Crippen MR) is 94.4 cm³/mol. The van der Waals surface area contributed by atoms with Crippen molar-refractivity contribution in [1.82, 2.24) is 5.32 Å². The van der Waals surface area contributed by atoms with Gasteiger partial charge in [-0.3, -0.25) is 4.79 Å². The first-order valence-corrected chi connectivity index (χ1v) is 8.30. The van der Waals surface area contributed by atoms with E-state index >= 15 is 0 Å². The lowest BCUT2D eigenvalue weighted by Gasteiger charge is -2.42. The number of rotatable bonds is 2. The van der Waals surface area contributed by atoms with Crippen molar-refractivity contribution in [2.45, 2.75) is 46.2 Å². The fourth-order valence-corrected chi connectivity index (χ4v) is 3.36. The minimum Gasteiger partial charge on any atom is -0.302 e. The summed E-state index contributed by atoms with van der Waals surface area (Å²) in [7, 11) is 0. The summed E-state index contributed by atoms with van der Waals surface area (Å²) < 4.78 is 0. The lowest BCUT2D eigenvalue weighted by Crippen LogP contribution is -2.47. The van der Waals surface area contributed by atoms with Crippen LogP contribution in [0.1, 0.15) is 54.6 Å². The molecular formula is C21H25NO. The molecule has 2 unspecified atom stereocenters. The third-order valence-electron chi connectivity index (χ3n) is 5.09. The number of nitrogens with one attached hydrogen (secondary N) is 1. The highest BCUT2D eigenvalue weighted by atomic mass is 16.1. The van der Waals surface area contributed by atoms with Crippen LogP contribution < -0.4 is 5.32 Å². The van der Waals surface area contributed by atoms with Crippen LogP contribution in [-0.2, 0) is 4.79 Å². The zero-order valence-electron chi connectivity index (χ0n) is 14.4. The van der Waals surface area contributed by atoms with Crippen LogP contribution in [0.15, 0.2) is 48.5 Å². The molecule has 2 nitrogen and oxygen atoms in total. The number of hydrogen-bond donors (Lipinski definition) is 1. The number of piperidine rings is 1. The Balaban J connectivity index is 1.94. The second-order valence-corrected chi connectivity index (χ2v) is 7.32. The Morgan fingerprint density at radius 1 is 0.870 bits per heavy atom. The van der Waals surface area contributed by atoms with Crippen molar-refractivity contribution in [3.63, 3.8) is 0 Å². The summed E-state index contributed by atoms with van der Waals surface area (Å²) in [6.45, 7) is 8.28. The normalized spacial score (nSPS) is 23.7. The molecule has 0 saturated carbocycles. The SMILES string of the molecule is Cc1ccc(C2CC(=O)C(C)(C)C(c3ccc(C)cc3)N2)cc1. The molecule has 1 N–H and O–H groups in total. The van der Waals surface area contributed by atoms with E-state index in [1.807, 2.05) is 0 Å². The maximum absolute atomic E-state index is 12.8. The van der Waals surface area contributed by atoms with Gasteiger partial charge in [0, 0.05) is 23.9 Å². The van der Waals surface area contributed by atoms with Gasteiger partial charge in [0.2, 0.25) is 0 Å². The number of Topliss-reactive ketones (excluding diaryl/α,β-unsaturated/α-hetero) is 1. The van der Waals surface area contributed by atoms with E-state index in [-0.39, 0.29) is 12.1 Å². The Morgan fingerprint density at radius 2 is 1.35 bits per heavy atom. The zero-order chi connectivity index (χ0) is 16.6.